The Morgan fingerprint density at radius 2 is 1.87 bits per heavy atom. The summed E-state index contributed by atoms with van der Waals surface area (Å²) in [4.78, 5) is 4.24. The number of hydrogen-bond acceptors (Lipinski definition) is 3. The minimum absolute atomic E-state index is 0. The van der Waals surface area contributed by atoms with Gasteiger partial charge in [-0.3, -0.25) is 4.99 Å². The number of hydrogen-bond donors (Lipinski definition) is 2. The highest BCUT2D eigenvalue weighted by atomic mass is 127. The van der Waals surface area contributed by atoms with E-state index >= 15 is 0 Å². The maximum absolute atomic E-state index is 5.62. The Balaban J connectivity index is 0.00000484. The summed E-state index contributed by atoms with van der Waals surface area (Å²) in [7, 11) is 1.78. The van der Waals surface area contributed by atoms with Crippen molar-refractivity contribution in [3.05, 3.63) is 29.8 Å². The molecule has 0 saturated heterocycles. The predicted octanol–water partition coefficient (Wildman–Crippen LogP) is 3.19. The SMILES string of the molecule is CCOCCCCNC(=NC)NCc1ccccc1OCC.I. The first kappa shape index (κ1) is 22.0. The summed E-state index contributed by atoms with van der Waals surface area (Å²) in [5, 5.41) is 6.62. The fourth-order valence-corrected chi connectivity index (χ4v) is 2.03. The van der Waals surface area contributed by atoms with Crippen molar-refractivity contribution < 1.29 is 9.47 Å². The first-order valence-corrected chi connectivity index (χ1v) is 8.04. The van der Waals surface area contributed by atoms with Gasteiger partial charge in [0.15, 0.2) is 5.96 Å². The Kier molecular flexibility index (Phi) is 13.9. The molecule has 132 valence electrons. The fourth-order valence-electron chi connectivity index (χ4n) is 2.03. The summed E-state index contributed by atoms with van der Waals surface area (Å²) in [6.45, 7) is 7.87. The number of unbranched alkanes of at least 4 members (excludes halogenated alkanes) is 1. The number of benzene rings is 1. The zero-order valence-electron chi connectivity index (χ0n) is 14.4. The lowest BCUT2D eigenvalue weighted by atomic mass is 10.2. The summed E-state index contributed by atoms with van der Waals surface area (Å²) >= 11 is 0. The maximum Gasteiger partial charge on any atom is 0.191 e. The highest BCUT2D eigenvalue weighted by Crippen LogP contribution is 2.17. The Morgan fingerprint density at radius 3 is 2.57 bits per heavy atom. The van der Waals surface area contributed by atoms with Crippen LogP contribution in [0.25, 0.3) is 0 Å². The van der Waals surface area contributed by atoms with Crippen LogP contribution in [-0.4, -0.2) is 39.4 Å². The number of halogens is 1. The van der Waals surface area contributed by atoms with E-state index in [1.165, 1.54) is 0 Å². The van der Waals surface area contributed by atoms with Gasteiger partial charge in [-0.1, -0.05) is 18.2 Å². The summed E-state index contributed by atoms with van der Waals surface area (Å²) in [5.41, 5.74) is 1.13. The molecule has 2 N–H and O–H groups in total. The van der Waals surface area contributed by atoms with Gasteiger partial charge in [0.05, 0.1) is 6.61 Å². The lowest BCUT2D eigenvalue weighted by Gasteiger charge is -2.14. The quantitative estimate of drug-likeness (QED) is 0.257. The number of ether oxygens (including phenoxy) is 2. The molecule has 5 nitrogen and oxygen atoms in total. The van der Waals surface area contributed by atoms with Crippen LogP contribution < -0.4 is 15.4 Å². The number of rotatable bonds is 10. The monoisotopic (exact) mass is 435 g/mol. The van der Waals surface area contributed by atoms with Crippen molar-refractivity contribution >= 4 is 29.9 Å². The third-order valence-electron chi connectivity index (χ3n) is 3.15. The third kappa shape index (κ3) is 9.65. The summed E-state index contributed by atoms with van der Waals surface area (Å²) in [5.74, 6) is 1.73. The Hall–Kier alpha value is -1.02. The van der Waals surface area contributed by atoms with Gasteiger partial charge in [0.1, 0.15) is 5.75 Å². The van der Waals surface area contributed by atoms with Gasteiger partial charge in [-0.25, -0.2) is 0 Å². The van der Waals surface area contributed by atoms with Gasteiger partial charge in [-0.2, -0.15) is 0 Å². The van der Waals surface area contributed by atoms with Crippen LogP contribution in [-0.2, 0) is 11.3 Å². The topological polar surface area (TPSA) is 54.9 Å². The molecule has 0 fully saturated rings. The summed E-state index contributed by atoms with van der Waals surface area (Å²) < 4.78 is 10.9. The van der Waals surface area contributed by atoms with Crippen LogP contribution in [0.15, 0.2) is 29.3 Å². The van der Waals surface area contributed by atoms with E-state index in [4.69, 9.17) is 9.47 Å². The van der Waals surface area contributed by atoms with Crippen LogP contribution in [0.2, 0.25) is 0 Å². The molecule has 23 heavy (non-hydrogen) atoms. The van der Waals surface area contributed by atoms with E-state index in [0.29, 0.717) is 13.2 Å². The van der Waals surface area contributed by atoms with Gasteiger partial charge in [0.25, 0.3) is 0 Å². The van der Waals surface area contributed by atoms with Gasteiger partial charge in [-0.05, 0) is 32.8 Å². The van der Waals surface area contributed by atoms with Gasteiger partial charge < -0.3 is 20.1 Å². The molecule has 0 aliphatic heterocycles. The zero-order valence-corrected chi connectivity index (χ0v) is 16.8. The molecule has 0 unspecified atom stereocenters. The molecule has 1 rings (SSSR count). The second kappa shape index (κ2) is 14.6. The molecule has 0 radical (unpaired) electrons. The van der Waals surface area contributed by atoms with E-state index in [2.05, 4.69) is 21.7 Å². The van der Waals surface area contributed by atoms with Gasteiger partial charge in [0.2, 0.25) is 0 Å². The maximum atomic E-state index is 5.62. The van der Waals surface area contributed by atoms with E-state index in [0.717, 1.165) is 49.9 Å². The molecule has 0 spiro atoms. The van der Waals surface area contributed by atoms with Crippen molar-refractivity contribution in [2.75, 3.05) is 33.4 Å². The van der Waals surface area contributed by atoms with Crippen LogP contribution in [0, 0.1) is 0 Å². The fraction of sp³-hybridized carbons (Fsp3) is 0.588. The van der Waals surface area contributed by atoms with E-state index in [1.54, 1.807) is 7.05 Å². The normalized spacial score (nSPS) is 10.8. The number of nitrogens with one attached hydrogen (secondary N) is 2. The molecule has 0 atom stereocenters. The first-order valence-electron chi connectivity index (χ1n) is 8.04. The molecule has 1 aromatic rings. The Bertz CT molecular complexity index is 442. The number of nitrogens with zero attached hydrogens (tertiary/aromatic N) is 1. The lowest BCUT2D eigenvalue weighted by molar-refractivity contribution is 0.143. The van der Waals surface area contributed by atoms with Crippen molar-refractivity contribution in [2.45, 2.75) is 33.2 Å². The summed E-state index contributed by atoms with van der Waals surface area (Å²) in [6, 6.07) is 8.06. The van der Waals surface area contributed by atoms with Crippen molar-refractivity contribution in [3.63, 3.8) is 0 Å². The minimum atomic E-state index is 0. The van der Waals surface area contributed by atoms with E-state index in [-0.39, 0.29) is 24.0 Å². The van der Waals surface area contributed by atoms with Crippen molar-refractivity contribution in [1.82, 2.24) is 10.6 Å². The highest BCUT2D eigenvalue weighted by molar-refractivity contribution is 14.0. The molecule has 0 amide bonds. The summed E-state index contributed by atoms with van der Waals surface area (Å²) in [6.07, 6.45) is 2.13. The van der Waals surface area contributed by atoms with E-state index < -0.39 is 0 Å². The second-order valence-corrected chi connectivity index (χ2v) is 4.80. The first-order chi connectivity index (χ1) is 10.8. The van der Waals surface area contributed by atoms with Gasteiger partial charge >= 0.3 is 0 Å². The van der Waals surface area contributed by atoms with Crippen molar-refractivity contribution in [1.29, 1.82) is 0 Å². The molecule has 0 bridgehead atoms. The Labute approximate surface area is 157 Å². The molecule has 0 saturated carbocycles. The highest BCUT2D eigenvalue weighted by Gasteiger charge is 2.03. The van der Waals surface area contributed by atoms with Crippen LogP contribution in [0.5, 0.6) is 5.75 Å². The molecule has 0 aliphatic rings. The average molecular weight is 435 g/mol. The smallest absolute Gasteiger partial charge is 0.191 e. The zero-order chi connectivity index (χ0) is 16.0. The van der Waals surface area contributed by atoms with Crippen LogP contribution in [0.3, 0.4) is 0 Å². The molecule has 0 aliphatic carbocycles. The van der Waals surface area contributed by atoms with Gasteiger partial charge in [0, 0.05) is 38.9 Å². The molecule has 1 aromatic carbocycles. The molecule has 0 aromatic heterocycles. The Morgan fingerprint density at radius 1 is 1.09 bits per heavy atom. The molecule has 0 heterocycles. The van der Waals surface area contributed by atoms with Crippen LogP contribution in [0.1, 0.15) is 32.3 Å². The number of para-hydroxylation sites is 1. The number of aliphatic imine (C=N–C) groups is 1. The molecular formula is C17H30IN3O2. The minimum Gasteiger partial charge on any atom is -0.494 e. The second-order valence-electron chi connectivity index (χ2n) is 4.80. The lowest BCUT2D eigenvalue weighted by Crippen LogP contribution is -2.37. The van der Waals surface area contributed by atoms with Crippen molar-refractivity contribution in [3.8, 4) is 5.75 Å². The average Bonchev–Trinajstić information content (AvgIpc) is 2.55. The molecule has 6 heteroatoms. The van der Waals surface area contributed by atoms with Crippen LogP contribution in [0.4, 0.5) is 0 Å². The number of guanidine groups is 1. The van der Waals surface area contributed by atoms with Crippen molar-refractivity contribution in [2.24, 2.45) is 4.99 Å². The molecular weight excluding hydrogens is 405 g/mol. The van der Waals surface area contributed by atoms with E-state index in [9.17, 15) is 0 Å². The largest absolute Gasteiger partial charge is 0.494 e. The van der Waals surface area contributed by atoms with E-state index in [1.807, 2.05) is 32.0 Å². The van der Waals surface area contributed by atoms with Crippen LogP contribution >= 0.6 is 24.0 Å². The van der Waals surface area contributed by atoms with Gasteiger partial charge in [-0.15, -0.1) is 24.0 Å². The predicted molar refractivity (Wildman–Crippen MR) is 107 cm³/mol. The third-order valence-corrected chi connectivity index (χ3v) is 3.15. The standard InChI is InChI=1S/C17H29N3O2.HI/c1-4-21-13-9-8-12-19-17(18-3)20-14-15-10-6-7-11-16(15)22-5-2;/h6-7,10-11H,4-5,8-9,12-14H2,1-3H3,(H2,18,19,20);1H.